The van der Waals surface area contributed by atoms with Gasteiger partial charge < -0.3 is 10.4 Å². The molecule has 0 unspecified atom stereocenters. The highest BCUT2D eigenvalue weighted by molar-refractivity contribution is 6.09. The van der Waals surface area contributed by atoms with E-state index in [1.807, 2.05) is 13.0 Å². The minimum absolute atomic E-state index is 0.0325. The van der Waals surface area contributed by atoms with Gasteiger partial charge >= 0.3 is 5.69 Å². The quantitative estimate of drug-likeness (QED) is 0.323. The summed E-state index contributed by atoms with van der Waals surface area (Å²) in [4.78, 5) is 32.0. The number of nitrogens with zero attached hydrogens (tertiary/aromatic N) is 2. The number of aromatic hydroxyl groups is 1. The Labute approximate surface area is 188 Å². The van der Waals surface area contributed by atoms with Crippen molar-refractivity contribution in [2.45, 2.75) is 13.5 Å². The van der Waals surface area contributed by atoms with E-state index >= 15 is 0 Å². The van der Waals surface area contributed by atoms with Gasteiger partial charge in [0.15, 0.2) is 0 Å². The number of aliphatic imine (C=N–C) groups is 1. The molecule has 33 heavy (non-hydrogen) atoms. The van der Waals surface area contributed by atoms with E-state index in [1.54, 1.807) is 60.7 Å². The van der Waals surface area contributed by atoms with E-state index in [4.69, 9.17) is 0 Å². The van der Waals surface area contributed by atoms with Crippen molar-refractivity contribution >= 4 is 11.5 Å². The maximum Gasteiger partial charge on any atom is 0.335 e. The van der Waals surface area contributed by atoms with Crippen molar-refractivity contribution in [1.29, 1.82) is 0 Å². The van der Waals surface area contributed by atoms with Gasteiger partial charge in [0.2, 0.25) is 5.88 Å². The summed E-state index contributed by atoms with van der Waals surface area (Å²) < 4.78 is 14.6. The summed E-state index contributed by atoms with van der Waals surface area (Å²) in [5.74, 6) is -0.937. The predicted molar refractivity (Wildman–Crippen MR) is 126 cm³/mol. The molecule has 0 radical (unpaired) electrons. The van der Waals surface area contributed by atoms with Gasteiger partial charge in [-0.3, -0.25) is 14.8 Å². The van der Waals surface area contributed by atoms with Gasteiger partial charge in [0.25, 0.3) is 5.56 Å². The number of rotatable bonds is 5. The lowest BCUT2D eigenvalue weighted by Gasteiger charge is -2.15. The van der Waals surface area contributed by atoms with E-state index in [-0.39, 0.29) is 17.9 Å². The van der Waals surface area contributed by atoms with Crippen LogP contribution in [-0.4, -0.2) is 20.5 Å². The summed E-state index contributed by atoms with van der Waals surface area (Å²) in [6, 6.07) is 21.8. The van der Waals surface area contributed by atoms with Crippen LogP contribution in [0.5, 0.6) is 5.88 Å². The van der Waals surface area contributed by atoms with Crippen molar-refractivity contribution in [2.24, 2.45) is 4.99 Å². The molecule has 0 aliphatic heterocycles. The van der Waals surface area contributed by atoms with Gasteiger partial charge in [0, 0.05) is 5.69 Å². The number of anilines is 1. The van der Waals surface area contributed by atoms with Crippen molar-refractivity contribution in [3.05, 3.63) is 122 Å². The molecule has 0 fully saturated rings. The van der Waals surface area contributed by atoms with Gasteiger partial charge in [-0.1, -0.05) is 48.0 Å². The van der Waals surface area contributed by atoms with E-state index in [0.717, 1.165) is 10.1 Å². The average Bonchev–Trinajstić information content (AvgIpc) is 2.79. The molecular weight excluding hydrogens is 423 g/mol. The van der Waals surface area contributed by atoms with E-state index < -0.39 is 22.9 Å². The summed E-state index contributed by atoms with van der Waals surface area (Å²) in [5, 5.41) is 14.1. The normalized spacial score (nSPS) is 11.4. The van der Waals surface area contributed by atoms with Crippen molar-refractivity contribution in [1.82, 2.24) is 9.55 Å². The number of para-hydroxylation sites is 1. The molecule has 0 bridgehead atoms. The SMILES string of the molecule is Cc1ccc(-n2c(O)c(C(=NCc3cccc(F)c3)Nc3ccccc3)c(=O)[nH]c2=O)cc1. The molecule has 0 saturated heterocycles. The predicted octanol–water partition coefficient (Wildman–Crippen LogP) is 3.74. The Morgan fingerprint density at radius 2 is 1.76 bits per heavy atom. The molecule has 4 aromatic rings. The Morgan fingerprint density at radius 1 is 1.03 bits per heavy atom. The van der Waals surface area contributed by atoms with Gasteiger partial charge in [-0.05, 0) is 48.9 Å². The zero-order valence-corrected chi connectivity index (χ0v) is 17.7. The fourth-order valence-electron chi connectivity index (χ4n) is 3.32. The molecule has 0 aliphatic rings. The molecular formula is C25H21FN4O3. The lowest BCUT2D eigenvalue weighted by molar-refractivity contribution is 0.429. The molecule has 1 heterocycles. The third-order valence-corrected chi connectivity index (χ3v) is 4.96. The van der Waals surface area contributed by atoms with Crippen molar-refractivity contribution in [2.75, 3.05) is 5.32 Å². The largest absolute Gasteiger partial charge is 0.493 e. The first kappa shape index (κ1) is 21.8. The average molecular weight is 444 g/mol. The van der Waals surface area contributed by atoms with Crippen LogP contribution in [0.25, 0.3) is 5.69 Å². The van der Waals surface area contributed by atoms with Crippen LogP contribution >= 0.6 is 0 Å². The molecule has 0 aliphatic carbocycles. The topological polar surface area (TPSA) is 99.5 Å². The third kappa shape index (κ3) is 4.90. The number of nitrogens with one attached hydrogen (secondary N) is 2. The first-order valence-electron chi connectivity index (χ1n) is 10.2. The summed E-state index contributed by atoms with van der Waals surface area (Å²) in [5.41, 5.74) is 0.739. The van der Waals surface area contributed by atoms with Crippen LogP contribution in [0, 0.1) is 12.7 Å². The lowest BCUT2D eigenvalue weighted by atomic mass is 10.2. The first-order valence-corrected chi connectivity index (χ1v) is 10.2. The summed E-state index contributed by atoms with van der Waals surface area (Å²) >= 11 is 0. The lowest BCUT2D eigenvalue weighted by Crippen LogP contribution is -2.35. The molecule has 0 saturated carbocycles. The Balaban J connectivity index is 1.86. The highest BCUT2D eigenvalue weighted by Crippen LogP contribution is 2.19. The van der Waals surface area contributed by atoms with Crippen LogP contribution in [0.1, 0.15) is 16.7 Å². The zero-order valence-electron chi connectivity index (χ0n) is 17.7. The molecule has 0 amide bonds. The number of hydrogen-bond donors (Lipinski definition) is 3. The van der Waals surface area contributed by atoms with Gasteiger partial charge in [0.1, 0.15) is 17.2 Å². The summed E-state index contributed by atoms with van der Waals surface area (Å²) in [7, 11) is 0. The van der Waals surface area contributed by atoms with Crippen LogP contribution in [-0.2, 0) is 6.54 Å². The Hall–Kier alpha value is -4.46. The smallest absolute Gasteiger partial charge is 0.335 e. The number of aromatic nitrogens is 2. The number of halogens is 1. The van der Waals surface area contributed by atoms with Gasteiger partial charge in [-0.2, -0.15) is 0 Å². The molecule has 1 aromatic heterocycles. The van der Waals surface area contributed by atoms with Crippen molar-refractivity contribution < 1.29 is 9.50 Å². The van der Waals surface area contributed by atoms with E-state index in [9.17, 15) is 19.1 Å². The van der Waals surface area contributed by atoms with E-state index in [0.29, 0.717) is 16.9 Å². The number of hydrogen-bond acceptors (Lipinski definition) is 4. The molecule has 4 rings (SSSR count). The molecule has 0 atom stereocenters. The van der Waals surface area contributed by atoms with Gasteiger partial charge in [-0.25, -0.2) is 13.8 Å². The number of aryl methyl sites for hydroxylation is 1. The minimum atomic E-state index is -0.803. The van der Waals surface area contributed by atoms with Gasteiger partial charge in [-0.15, -0.1) is 0 Å². The Morgan fingerprint density at radius 3 is 2.45 bits per heavy atom. The fourth-order valence-corrected chi connectivity index (χ4v) is 3.32. The summed E-state index contributed by atoms with van der Waals surface area (Å²) in [6.45, 7) is 1.93. The maximum atomic E-state index is 13.6. The number of amidine groups is 1. The zero-order chi connectivity index (χ0) is 23.4. The first-order chi connectivity index (χ1) is 15.9. The highest BCUT2D eigenvalue weighted by Gasteiger charge is 2.21. The van der Waals surface area contributed by atoms with Crippen molar-refractivity contribution in [3.63, 3.8) is 0 Å². The molecule has 7 nitrogen and oxygen atoms in total. The molecule has 3 N–H and O–H groups in total. The Bertz CT molecular complexity index is 1420. The standard InChI is InChI=1S/C25H21FN4O3/c1-16-10-12-20(13-11-16)30-24(32)21(23(31)29-25(30)33)22(28-19-8-3-2-4-9-19)27-15-17-6-5-7-18(26)14-17/h2-14,32H,15H2,1H3,(H,27,28)(H,29,31,33). The second-order valence-corrected chi connectivity index (χ2v) is 7.41. The number of benzene rings is 3. The van der Waals surface area contributed by atoms with Crippen molar-refractivity contribution in [3.8, 4) is 11.6 Å². The van der Waals surface area contributed by atoms with Crippen LogP contribution in [0.3, 0.4) is 0 Å². The van der Waals surface area contributed by atoms with E-state index in [2.05, 4.69) is 15.3 Å². The molecule has 166 valence electrons. The van der Waals surface area contributed by atoms with Crippen LogP contribution in [0.2, 0.25) is 0 Å². The maximum absolute atomic E-state index is 13.6. The number of H-pyrrole nitrogens is 1. The summed E-state index contributed by atoms with van der Waals surface area (Å²) in [6.07, 6.45) is 0. The monoisotopic (exact) mass is 444 g/mol. The van der Waals surface area contributed by atoms with Crippen LogP contribution in [0.4, 0.5) is 10.1 Å². The molecule has 3 aromatic carbocycles. The molecule has 0 spiro atoms. The van der Waals surface area contributed by atoms with Crippen LogP contribution in [0.15, 0.2) is 93.4 Å². The Kier molecular flexibility index (Phi) is 6.17. The number of aromatic amines is 1. The highest BCUT2D eigenvalue weighted by atomic mass is 19.1. The van der Waals surface area contributed by atoms with Gasteiger partial charge in [0.05, 0.1) is 12.2 Å². The van der Waals surface area contributed by atoms with E-state index in [1.165, 1.54) is 12.1 Å². The molecule has 8 heteroatoms. The minimum Gasteiger partial charge on any atom is -0.493 e. The second kappa shape index (κ2) is 9.35. The fraction of sp³-hybridized carbons (Fsp3) is 0.0800. The second-order valence-electron chi connectivity index (χ2n) is 7.41. The van der Waals surface area contributed by atoms with Crippen LogP contribution < -0.4 is 16.6 Å². The third-order valence-electron chi connectivity index (χ3n) is 4.96.